The molecule has 0 nitrogen and oxygen atoms in total. The van der Waals surface area contributed by atoms with Gasteiger partial charge in [0.2, 0.25) is 0 Å². The van der Waals surface area contributed by atoms with Crippen LogP contribution in [-0.4, -0.2) is 0 Å². The minimum atomic E-state index is 0.699. The summed E-state index contributed by atoms with van der Waals surface area (Å²) >= 11 is 4.98. The van der Waals surface area contributed by atoms with Crippen molar-refractivity contribution in [1.82, 2.24) is 0 Å². The van der Waals surface area contributed by atoms with Crippen molar-refractivity contribution in [2.75, 3.05) is 0 Å². The standard InChI is InChI=1S/C11H10Cl/c12-8-9-5-6-10-3-1-2-4-11(10)7-9/h1-7,12H,8H2/q+1. The molecule has 0 fully saturated rings. The summed E-state index contributed by atoms with van der Waals surface area (Å²) in [6.45, 7) is 0. The normalized spacial score (nSPS) is 10.4. The molecule has 0 aromatic heterocycles. The summed E-state index contributed by atoms with van der Waals surface area (Å²) in [5, 5.41) is 2.56. The quantitative estimate of drug-likeness (QED) is 0.588. The zero-order chi connectivity index (χ0) is 8.39. The maximum absolute atomic E-state index is 4.98. The van der Waals surface area contributed by atoms with Crippen molar-refractivity contribution in [2.45, 2.75) is 5.88 Å². The van der Waals surface area contributed by atoms with Gasteiger partial charge < -0.3 is 0 Å². The van der Waals surface area contributed by atoms with Crippen molar-refractivity contribution in [3.63, 3.8) is 0 Å². The van der Waals surface area contributed by atoms with Crippen LogP contribution in [-0.2, 0) is 5.88 Å². The van der Waals surface area contributed by atoms with Gasteiger partial charge in [-0.1, -0.05) is 36.4 Å². The monoisotopic (exact) mass is 177 g/mol. The highest BCUT2D eigenvalue weighted by molar-refractivity contribution is 5.82. The van der Waals surface area contributed by atoms with Crippen molar-refractivity contribution in [3.05, 3.63) is 48.0 Å². The van der Waals surface area contributed by atoms with Crippen LogP contribution in [0.5, 0.6) is 0 Å². The van der Waals surface area contributed by atoms with Crippen LogP contribution in [0.3, 0.4) is 0 Å². The largest absolute Gasteiger partial charge is 0.195 e. The summed E-state index contributed by atoms with van der Waals surface area (Å²) in [5.41, 5.74) is 1.23. The summed E-state index contributed by atoms with van der Waals surface area (Å²) in [7, 11) is 0. The molecular formula is C11H10Cl+. The fraction of sp³-hybridized carbons (Fsp3) is 0.0909. The van der Waals surface area contributed by atoms with E-state index in [-0.39, 0.29) is 0 Å². The van der Waals surface area contributed by atoms with Gasteiger partial charge >= 0.3 is 0 Å². The van der Waals surface area contributed by atoms with Gasteiger partial charge in [-0.25, -0.2) is 0 Å². The second kappa shape index (κ2) is 3.16. The average Bonchev–Trinajstić information content (AvgIpc) is 2.17. The van der Waals surface area contributed by atoms with Crippen LogP contribution >= 0.6 is 0 Å². The van der Waals surface area contributed by atoms with E-state index in [1.54, 1.807) is 0 Å². The minimum Gasteiger partial charge on any atom is -0.0616 e. The molecule has 2 aromatic carbocycles. The number of halogens is 1. The Labute approximate surface area is 76.8 Å². The zero-order valence-electron chi connectivity index (χ0n) is 6.66. The lowest BCUT2D eigenvalue weighted by molar-refractivity contribution is -0.386. The molecule has 12 heavy (non-hydrogen) atoms. The molecule has 0 bridgehead atoms. The summed E-state index contributed by atoms with van der Waals surface area (Å²) in [6, 6.07) is 14.7. The fourth-order valence-electron chi connectivity index (χ4n) is 1.33. The molecule has 0 unspecified atom stereocenters. The van der Waals surface area contributed by atoms with E-state index in [0.717, 1.165) is 0 Å². The van der Waals surface area contributed by atoms with Crippen molar-refractivity contribution in [3.8, 4) is 0 Å². The molecule has 0 radical (unpaired) electrons. The first kappa shape index (κ1) is 7.63. The highest BCUT2D eigenvalue weighted by Crippen LogP contribution is 2.15. The van der Waals surface area contributed by atoms with E-state index in [1.165, 1.54) is 16.3 Å². The summed E-state index contributed by atoms with van der Waals surface area (Å²) in [5.74, 6) is 0.699. The molecular weight excluding hydrogens is 168 g/mol. The molecule has 0 atom stereocenters. The predicted octanol–water partition coefficient (Wildman–Crippen LogP) is 2.62. The van der Waals surface area contributed by atoms with Gasteiger partial charge in [0.15, 0.2) is 5.88 Å². The van der Waals surface area contributed by atoms with Crippen LogP contribution in [0.1, 0.15) is 5.56 Å². The molecule has 0 saturated heterocycles. The van der Waals surface area contributed by atoms with Gasteiger partial charge in [-0.2, -0.15) is 0 Å². The van der Waals surface area contributed by atoms with E-state index in [0.29, 0.717) is 5.88 Å². The minimum absolute atomic E-state index is 0.699. The maximum atomic E-state index is 4.98. The average molecular weight is 178 g/mol. The molecule has 2 aromatic rings. The molecule has 60 valence electrons. The van der Waals surface area contributed by atoms with Crippen molar-refractivity contribution >= 4 is 10.8 Å². The van der Waals surface area contributed by atoms with Gasteiger partial charge in [-0.15, -0.1) is 0 Å². The first-order valence-corrected chi connectivity index (χ1v) is 4.53. The fourth-order valence-corrected chi connectivity index (χ4v) is 1.51. The summed E-state index contributed by atoms with van der Waals surface area (Å²) in [6.07, 6.45) is 0. The van der Waals surface area contributed by atoms with E-state index in [9.17, 15) is 0 Å². The first-order chi connectivity index (χ1) is 5.90. The lowest BCUT2D eigenvalue weighted by Crippen LogP contribution is -1.79. The molecule has 2 rings (SSSR count). The second-order valence-corrected chi connectivity index (χ2v) is 3.11. The van der Waals surface area contributed by atoms with Crippen LogP contribution in [0, 0.1) is 11.6 Å². The summed E-state index contributed by atoms with van der Waals surface area (Å²) in [4.78, 5) is 0. The molecule has 0 aliphatic rings. The Hall–Kier alpha value is -1.01. The van der Waals surface area contributed by atoms with Crippen LogP contribution < -0.4 is 0 Å². The number of rotatable bonds is 1. The molecule has 0 saturated carbocycles. The van der Waals surface area contributed by atoms with E-state index in [1.807, 2.05) is 0 Å². The molecule has 0 spiro atoms. The third-order valence-corrected chi connectivity index (χ3v) is 2.31. The van der Waals surface area contributed by atoms with E-state index in [4.69, 9.17) is 11.6 Å². The van der Waals surface area contributed by atoms with Crippen LogP contribution in [0.4, 0.5) is 0 Å². The topological polar surface area (TPSA) is 0 Å². The van der Waals surface area contributed by atoms with Crippen molar-refractivity contribution < 1.29 is 11.6 Å². The second-order valence-electron chi connectivity index (χ2n) is 2.83. The lowest BCUT2D eigenvalue weighted by Gasteiger charge is -1.96. The van der Waals surface area contributed by atoms with Gasteiger partial charge in [-0.05, 0) is 16.8 Å². The number of fused-ring (bicyclic) bond motifs is 1. The van der Waals surface area contributed by atoms with Gasteiger partial charge in [0.25, 0.3) is 0 Å². The Morgan fingerprint density at radius 3 is 2.42 bits per heavy atom. The number of hydrogen-bond acceptors (Lipinski definition) is 0. The Morgan fingerprint density at radius 1 is 0.917 bits per heavy atom. The van der Waals surface area contributed by atoms with Gasteiger partial charge in [0.1, 0.15) is 11.6 Å². The van der Waals surface area contributed by atoms with Crippen LogP contribution in [0.15, 0.2) is 42.5 Å². The lowest BCUT2D eigenvalue weighted by atomic mass is 10.1. The van der Waals surface area contributed by atoms with Crippen LogP contribution in [0.2, 0.25) is 0 Å². The highest BCUT2D eigenvalue weighted by Gasteiger charge is 1.96. The SMILES string of the molecule is [ClH+]Cc1ccc2ccccc2c1. The Balaban J connectivity index is 2.67. The molecule has 0 aliphatic carbocycles. The molecule has 0 N–H and O–H groups in total. The highest BCUT2D eigenvalue weighted by atomic mass is 35.5. The molecule has 0 aliphatic heterocycles. The molecule has 1 heteroatoms. The van der Waals surface area contributed by atoms with Gasteiger partial charge in [0, 0.05) is 5.56 Å². The Bertz CT molecular complexity index is 393. The van der Waals surface area contributed by atoms with E-state index in [2.05, 4.69) is 42.5 Å². The van der Waals surface area contributed by atoms with Gasteiger partial charge in [-0.3, -0.25) is 0 Å². The Kier molecular flexibility index (Phi) is 2.01. The number of hydrogen-bond donors (Lipinski definition) is 0. The number of alkyl halides is 1. The molecule has 0 heterocycles. The molecule has 0 amide bonds. The summed E-state index contributed by atoms with van der Waals surface area (Å²) < 4.78 is 0. The van der Waals surface area contributed by atoms with Crippen molar-refractivity contribution in [2.24, 2.45) is 0 Å². The third-order valence-electron chi connectivity index (χ3n) is 1.98. The predicted molar refractivity (Wildman–Crippen MR) is 49.0 cm³/mol. The Morgan fingerprint density at radius 2 is 1.67 bits per heavy atom. The van der Waals surface area contributed by atoms with Crippen molar-refractivity contribution in [1.29, 1.82) is 0 Å². The maximum Gasteiger partial charge on any atom is 0.195 e. The number of benzene rings is 2. The first-order valence-electron chi connectivity index (χ1n) is 3.96. The van der Waals surface area contributed by atoms with Gasteiger partial charge in [0.05, 0.1) is 0 Å². The smallest absolute Gasteiger partial charge is 0.0616 e. The van der Waals surface area contributed by atoms with E-state index >= 15 is 0 Å². The zero-order valence-corrected chi connectivity index (χ0v) is 7.47. The van der Waals surface area contributed by atoms with E-state index < -0.39 is 0 Å². The van der Waals surface area contributed by atoms with Crippen LogP contribution in [0.25, 0.3) is 10.8 Å². The third kappa shape index (κ3) is 1.30.